The Labute approximate surface area is 79.8 Å². The zero-order valence-corrected chi connectivity index (χ0v) is 7.87. The average molecular weight is 197 g/mol. The number of nitrogens with one attached hydrogen (secondary N) is 1. The third-order valence-electron chi connectivity index (χ3n) is 2.03. The number of hydrogen-bond donors (Lipinski definition) is 3. The minimum absolute atomic E-state index is 0.0278. The van der Waals surface area contributed by atoms with Crippen LogP contribution in [-0.4, -0.2) is 21.0 Å². The van der Waals surface area contributed by atoms with Gasteiger partial charge in [0.2, 0.25) is 0 Å². The Hall–Kier alpha value is -1.85. The van der Waals surface area contributed by atoms with E-state index in [1.165, 1.54) is 20.0 Å². The van der Waals surface area contributed by atoms with Crippen LogP contribution in [0.3, 0.4) is 0 Å². The monoisotopic (exact) mass is 197 g/mol. The second-order valence-electron chi connectivity index (χ2n) is 3.44. The van der Waals surface area contributed by atoms with Crippen molar-refractivity contribution >= 4 is 11.9 Å². The molecule has 1 rings (SSSR count). The molecule has 14 heavy (non-hydrogen) atoms. The molecule has 0 fully saturated rings. The lowest BCUT2D eigenvalue weighted by atomic mass is 9.87. The molecular formula is C8H11N3O3. The molecule has 0 radical (unpaired) electrons. The normalized spacial score (nSPS) is 11.3. The number of rotatable bonds is 2. The fourth-order valence-corrected chi connectivity index (χ4v) is 0.969. The summed E-state index contributed by atoms with van der Waals surface area (Å²) in [4.78, 5) is 28.1. The molecule has 1 heterocycles. The lowest BCUT2D eigenvalue weighted by Gasteiger charge is -2.17. The zero-order valence-electron chi connectivity index (χ0n) is 7.87. The van der Waals surface area contributed by atoms with Crippen LogP contribution in [-0.2, 0) is 10.2 Å². The predicted octanol–water partition coefficient (Wildman–Crippen LogP) is -0.286. The smallest absolute Gasteiger partial charge is 0.313 e. The summed E-state index contributed by atoms with van der Waals surface area (Å²) < 4.78 is 0. The van der Waals surface area contributed by atoms with Crippen molar-refractivity contribution in [3.63, 3.8) is 0 Å². The Bertz CT molecular complexity index is 422. The summed E-state index contributed by atoms with van der Waals surface area (Å²) in [6.07, 6.45) is 1.18. The fraction of sp³-hybridized carbons (Fsp3) is 0.375. The van der Waals surface area contributed by atoms with Gasteiger partial charge in [0, 0.05) is 6.20 Å². The van der Waals surface area contributed by atoms with Crippen molar-refractivity contribution in [2.24, 2.45) is 0 Å². The molecule has 0 aliphatic rings. The minimum atomic E-state index is -1.27. The van der Waals surface area contributed by atoms with Gasteiger partial charge in [-0.05, 0) is 13.8 Å². The molecule has 1 aromatic rings. The molecular weight excluding hydrogens is 186 g/mol. The highest BCUT2D eigenvalue weighted by molar-refractivity contribution is 5.79. The quantitative estimate of drug-likeness (QED) is 0.603. The molecule has 6 nitrogen and oxygen atoms in total. The van der Waals surface area contributed by atoms with Crippen molar-refractivity contribution in [1.29, 1.82) is 0 Å². The van der Waals surface area contributed by atoms with Crippen molar-refractivity contribution in [3.05, 3.63) is 22.1 Å². The maximum Gasteiger partial charge on any atom is 0.313 e. The van der Waals surface area contributed by atoms with Crippen LogP contribution in [0.15, 0.2) is 11.0 Å². The topological polar surface area (TPSA) is 109 Å². The highest BCUT2D eigenvalue weighted by Crippen LogP contribution is 2.18. The summed E-state index contributed by atoms with van der Waals surface area (Å²) in [5.74, 6) is -1.12. The third kappa shape index (κ3) is 1.59. The minimum Gasteiger partial charge on any atom is -0.481 e. The van der Waals surface area contributed by atoms with Gasteiger partial charge < -0.3 is 10.8 Å². The summed E-state index contributed by atoms with van der Waals surface area (Å²) >= 11 is 0. The van der Waals surface area contributed by atoms with Gasteiger partial charge in [-0.3, -0.25) is 14.6 Å². The number of carboxylic acid groups (broad SMARTS) is 1. The number of nitrogens with two attached hydrogens (primary N) is 1. The number of hydrogen-bond acceptors (Lipinski definition) is 4. The molecule has 0 aliphatic carbocycles. The van der Waals surface area contributed by atoms with E-state index in [1.54, 1.807) is 0 Å². The molecule has 6 heteroatoms. The van der Waals surface area contributed by atoms with Gasteiger partial charge in [-0.15, -0.1) is 0 Å². The van der Waals surface area contributed by atoms with Crippen LogP contribution in [0.5, 0.6) is 0 Å². The van der Waals surface area contributed by atoms with E-state index in [0.29, 0.717) is 0 Å². The van der Waals surface area contributed by atoms with Crippen LogP contribution in [0.25, 0.3) is 0 Å². The van der Waals surface area contributed by atoms with E-state index in [0.717, 1.165) is 0 Å². The average Bonchev–Trinajstić information content (AvgIpc) is 2.02. The summed E-state index contributed by atoms with van der Waals surface area (Å²) in [7, 11) is 0. The molecule has 4 N–H and O–H groups in total. The molecule has 0 bridgehead atoms. The first-order valence-corrected chi connectivity index (χ1v) is 3.94. The van der Waals surface area contributed by atoms with Crippen molar-refractivity contribution in [1.82, 2.24) is 9.97 Å². The van der Waals surface area contributed by atoms with E-state index in [9.17, 15) is 9.59 Å². The Kier molecular flexibility index (Phi) is 2.29. The second-order valence-corrected chi connectivity index (χ2v) is 3.44. The number of H-pyrrole nitrogens is 1. The van der Waals surface area contributed by atoms with Crippen molar-refractivity contribution in [2.75, 3.05) is 5.73 Å². The highest BCUT2D eigenvalue weighted by atomic mass is 16.4. The number of aromatic nitrogens is 2. The standard InChI is InChI=1S/C8H11N3O3/c1-8(2,6(13)14)4-3-10-7(9)11-5(4)12/h3H,1-2H3,(H,13,14)(H3,9,10,11,12). The Morgan fingerprint density at radius 3 is 2.64 bits per heavy atom. The number of carbonyl (C=O) groups is 1. The van der Waals surface area contributed by atoms with Crippen LogP contribution < -0.4 is 11.3 Å². The molecule has 0 atom stereocenters. The first kappa shape index (κ1) is 10.2. The van der Waals surface area contributed by atoms with Gasteiger partial charge in [0.25, 0.3) is 5.56 Å². The Morgan fingerprint density at radius 2 is 2.21 bits per heavy atom. The van der Waals surface area contributed by atoms with Crippen LogP contribution in [0.1, 0.15) is 19.4 Å². The molecule has 0 unspecified atom stereocenters. The molecule has 0 saturated carbocycles. The molecule has 0 amide bonds. The number of carboxylic acids is 1. The van der Waals surface area contributed by atoms with Gasteiger partial charge >= 0.3 is 5.97 Å². The van der Waals surface area contributed by atoms with Crippen LogP contribution in [0.2, 0.25) is 0 Å². The van der Waals surface area contributed by atoms with Gasteiger partial charge in [-0.2, -0.15) is 0 Å². The largest absolute Gasteiger partial charge is 0.481 e. The van der Waals surface area contributed by atoms with Crippen LogP contribution >= 0.6 is 0 Å². The van der Waals surface area contributed by atoms with Crippen LogP contribution in [0.4, 0.5) is 5.95 Å². The Balaban J connectivity index is 3.34. The summed E-state index contributed by atoms with van der Waals surface area (Å²) in [5.41, 5.74) is 3.52. The van der Waals surface area contributed by atoms with E-state index in [1.807, 2.05) is 0 Å². The van der Waals surface area contributed by atoms with Crippen molar-refractivity contribution < 1.29 is 9.90 Å². The first-order valence-electron chi connectivity index (χ1n) is 3.94. The van der Waals surface area contributed by atoms with E-state index >= 15 is 0 Å². The Morgan fingerprint density at radius 1 is 1.64 bits per heavy atom. The predicted molar refractivity (Wildman–Crippen MR) is 49.9 cm³/mol. The fourth-order valence-electron chi connectivity index (χ4n) is 0.969. The van der Waals surface area contributed by atoms with Crippen molar-refractivity contribution in [3.8, 4) is 0 Å². The number of anilines is 1. The van der Waals surface area contributed by atoms with E-state index in [4.69, 9.17) is 10.8 Å². The first-order chi connectivity index (χ1) is 6.35. The molecule has 0 aliphatic heterocycles. The van der Waals surface area contributed by atoms with Gasteiger partial charge in [-0.25, -0.2) is 4.98 Å². The van der Waals surface area contributed by atoms with Gasteiger partial charge in [-0.1, -0.05) is 0 Å². The van der Waals surface area contributed by atoms with E-state index < -0.39 is 16.9 Å². The van der Waals surface area contributed by atoms with Gasteiger partial charge in [0.15, 0.2) is 5.95 Å². The van der Waals surface area contributed by atoms with E-state index in [-0.39, 0.29) is 11.5 Å². The number of aromatic amines is 1. The lowest BCUT2D eigenvalue weighted by molar-refractivity contribution is -0.142. The van der Waals surface area contributed by atoms with E-state index in [2.05, 4.69) is 9.97 Å². The maximum atomic E-state index is 11.4. The highest BCUT2D eigenvalue weighted by Gasteiger charge is 2.32. The number of aliphatic carboxylic acids is 1. The zero-order chi connectivity index (χ0) is 10.9. The summed E-state index contributed by atoms with van der Waals surface area (Å²) in [5, 5.41) is 8.88. The molecule has 76 valence electrons. The van der Waals surface area contributed by atoms with Crippen molar-refractivity contribution in [2.45, 2.75) is 19.3 Å². The SMILES string of the molecule is CC(C)(C(=O)O)c1cnc(N)[nH]c1=O. The summed E-state index contributed by atoms with van der Waals surface area (Å²) in [6, 6.07) is 0. The van der Waals surface area contributed by atoms with Crippen LogP contribution in [0, 0.1) is 0 Å². The number of nitrogen functional groups attached to an aromatic ring is 1. The second kappa shape index (κ2) is 3.13. The summed E-state index contributed by atoms with van der Waals surface area (Å²) in [6.45, 7) is 2.86. The van der Waals surface area contributed by atoms with Gasteiger partial charge in [0.05, 0.1) is 11.0 Å². The number of nitrogens with zero attached hydrogens (tertiary/aromatic N) is 1. The molecule has 0 saturated heterocycles. The third-order valence-corrected chi connectivity index (χ3v) is 2.03. The lowest BCUT2D eigenvalue weighted by Crippen LogP contribution is -2.35. The molecule has 1 aromatic heterocycles. The van der Waals surface area contributed by atoms with Gasteiger partial charge in [0.1, 0.15) is 0 Å². The molecule has 0 spiro atoms. The molecule has 0 aromatic carbocycles. The maximum absolute atomic E-state index is 11.4.